The Morgan fingerprint density at radius 1 is 0.833 bits per heavy atom. The van der Waals surface area contributed by atoms with E-state index in [2.05, 4.69) is 74.4 Å². The molecule has 24 heavy (non-hydrogen) atoms. The molecular weight excluding hydrogens is 300 g/mol. The predicted molar refractivity (Wildman–Crippen MR) is 100 cm³/mol. The molecule has 0 saturated carbocycles. The van der Waals surface area contributed by atoms with Crippen molar-refractivity contribution in [2.24, 2.45) is 0 Å². The maximum absolute atomic E-state index is 11.0. The second-order valence-corrected chi connectivity index (χ2v) is 9.76. The zero-order valence-corrected chi connectivity index (χ0v) is 17.0. The van der Waals surface area contributed by atoms with Crippen LogP contribution in [0.25, 0.3) is 0 Å². The van der Waals surface area contributed by atoms with Gasteiger partial charge in [-0.15, -0.1) is 0 Å². The Kier molecular flexibility index (Phi) is 5.49. The zero-order chi connectivity index (χ0) is 19.1. The molecule has 1 atom stereocenters. The maximum atomic E-state index is 11.0. The second-order valence-electron chi connectivity index (χ2n) is 9.76. The van der Waals surface area contributed by atoms with E-state index in [4.69, 9.17) is 9.84 Å². The number of ether oxygens (including phenoxy) is 1. The number of hydrogen-bond donors (Lipinski definition) is 1. The Morgan fingerprint density at radius 3 is 1.54 bits per heavy atom. The van der Waals surface area contributed by atoms with Crippen LogP contribution in [-0.2, 0) is 21.0 Å². The average Bonchev–Trinajstić information content (AvgIpc) is 2.32. The molecule has 3 heteroatoms. The first-order valence-electron chi connectivity index (χ1n) is 8.64. The average molecular weight is 335 g/mol. The number of carbonyl (C=O) groups is 1. The minimum atomic E-state index is -1.24. The molecule has 0 fully saturated rings. The van der Waals surface area contributed by atoms with Gasteiger partial charge in [-0.3, -0.25) is 0 Å². The molecule has 3 nitrogen and oxygen atoms in total. The highest BCUT2D eigenvalue weighted by molar-refractivity contribution is 5.58. The molecule has 0 radical (unpaired) electrons. The summed E-state index contributed by atoms with van der Waals surface area (Å²) in [5.41, 5.74) is 4.55. The van der Waals surface area contributed by atoms with Gasteiger partial charge in [-0.25, -0.2) is 4.79 Å². The Morgan fingerprint density at radius 2 is 1.21 bits per heavy atom. The highest BCUT2D eigenvalue weighted by Gasteiger charge is 2.31. The summed E-state index contributed by atoms with van der Waals surface area (Å²) >= 11 is 0. The Balaban J connectivity index is 3.78. The van der Waals surface area contributed by atoms with E-state index < -0.39 is 12.3 Å². The van der Waals surface area contributed by atoms with E-state index in [1.54, 1.807) is 0 Å². The van der Waals surface area contributed by atoms with Crippen LogP contribution in [0.4, 0.5) is 4.79 Å². The summed E-state index contributed by atoms with van der Waals surface area (Å²) < 4.78 is 5.08. The lowest BCUT2D eigenvalue weighted by atomic mass is 9.70. The summed E-state index contributed by atoms with van der Waals surface area (Å²) in [6, 6.07) is 4.42. The Bertz CT molecular complexity index is 608. The standard InChI is InChI=1S/C21H34O3/c1-13(24-18(22)23)14-11-16(20(5,6)7)17(21(8,9)10)12-15(14)19(2,3)4/h11-13H,1-10H3,(H,22,23). The molecule has 1 rings (SSSR count). The molecule has 0 aromatic heterocycles. The van der Waals surface area contributed by atoms with Gasteiger partial charge < -0.3 is 9.84 Å². The van der Waals surface area contributed by atoms with E-state index in [1.165, 1.54) is 11.1 Å². The van der Waals surface area contributed by atoms with Gasteiger partial charge in [-0.05, 0) is 45.4 Å². The summed E-state index contributed by atoms with van der Waals surface area (Å²) in [5.74, 6) is 0. The van der Waals surface area contributed by atoms with Gasteiger partial charge in [-0.1, -0.05) is 74.4 Å². The van der Waals surface area contributed by atoms with Crippen LogP contribution in [-0.4, -0.2) is 11.3 Å². The zero-order valence-electron chi connectivity index (χ0n) is 17.0. The van der Waals surface area contributed by atoms with Crippen molar-refractivity contribution in [1.82, 2.24) is 0 Å². The fourth-order valence-corrected chi connectivity index (χ4v) is 3.06. The van der Waals surface area contributed by atoms with Gasteiger partial charge in [0.15, 0.2) is 0 Å². The molecule has 0 aliphatic carbocycles. The number of rotatable bonds is 2. The molecule has 0 heterocycles. The molecule has 0 aliphatic rings. The highest BCUT2D eigenvalue weighted by atomic mass is 16.7. The molecule has 136 valence electrons. The van der Waals surface area contributed by atoms with Gasteiger partial charge in [0.2, 0.25) is 0 Å². The predicted octanol–water partition coefficient (Wildman–Crippen LogP) is 6.33. The van der Waals surface area contributed by atoms with E-state index >= 15 is 0 Å². The smallest absolute Gasteiger partial charge is 0.450 e. The van der Waals surface area contributed by atoms with Gasteiger partial charge in [0.05, 0.1) is 0 Å². The van der Waals surface area contributed by atoms with Crippen LogP contribution in [0.15, 0.2) is 12.1 Å². The fourth-order valence-electron chi connectivity index (χ4n) is 3.06. The summed E-state index contributed by atoms with van der Waals surface area (Å²) in [6.45, 7) is 21.5. The van der Waals surface area contributed by atoms with Crippen molar-refractivity contribution in [2.45, 2.75) is 91.6 Å². The van der Waals surface area contributed by atoms with Crippen molar-refractivity contribution in [2.75, 3.05) is 0 Å². The van der Waals surface area contributed by atoms with Crippen molar-refractivity contribution >= 4 is 6.16 Å². The third-order valence-corrected chi connectivity index (χ3v) is 4.33. The highest BCUT2D eigenvalue weighted by Crippen LogP contribution is 2.41. The Hall–Kier alpha value is -1.51. The maximum Gasteiger partial charge on any atom is 0.506 e. The molecule has 1 unspecified atom stereocenters. The molecule has 1 N–H and O–H groups in total. The molecular formula is C21H34O3. The number of hydrogen-bond acceptors (Lipinski definition) is 2. The van der Waals surface area contributed by atoms with Crippen molar-refractivity contribution in [1.29, 1.82) is 0 Å². The van der Waals surface area contributed by atoms with Gasteiger partial charge >= 0.3 is 6.16 Å². The van der Waals surface area contributed by atoms with E-state index in [1.807, 2.05) is 6.92 Å². The summed E-state index contributed by atoms with van der Waals surface area (Å²) in [6.07, 6.45) is -1.73. The lowest BCUT2D eigenvalue weighted by Gasteiger charge is -2.35. The van der Waals surface area contributed by atoms with Crippen LogP contribution in [0, 0.1) is 0 Å². The third-order valence-electron chi connectivity index (χ3n) is 4.33. The van der Waals surface area contributed by atoms with Crippen LogP contribution in [0.3, 0.4) is 0 Å². The first-order chi connectivity index (χ1) is 10.5. The third kappa shape index (κ3) is 4.75. The van der Waals surface area contributed by atoms with E-state index in [9.17, 15) is 4.79 Å². The minimum absolute atomic E-state index is 0.0119. The van der Waals surface area contributed by atoms with Crippen molar-refractivity contribution < 1.29 is 14.6 Å². The number of carboxylic acid groups (broad SMARTS) is 1. The van der Waals surface area contributed by atoms with E-state index in [0.29, 0.717) is 0 Å². The summed E-state index contributed by atoms with van der Waals surface area (Å²) in [7, 11) is 0. The Labute approximate surface area is 147 Å². The first-order valence-corrected chi connectivity index (χ1v) is 8.64. The van der Waals surface area contributed by atoms with Gasteiger partial charge in [0.25, 0.3) is 0 Å². The minimum Gasteiger partial charge on any atom is -0.450 e. The van der Waals surface area contributed by atoms with Crippen LogP contribution in [0.2, 0.25) is 0 Å². The van der Waals surface area contributed by atoms with Crippen molar-refractivity contribution in [3.63, 3.8) is 0 Å². The monoisotopic (exact) mass is 334 g/mol. The van der Waals surface area contributed by atoms with Gasteiger partial charge in [0, 0.05) is 0 Å². The largest absolute Gasteiger partial charge is 0.506 e. The normalized spacial score (nSPS) is 14.4. The lowest BCUT2D eigenvalue weighted by molar-refractivity contribution is 0.0580. The molecule has 0 spiro atoms. The van der Waals surface area contributed by atoms with Crippen LogP contribution >= 0.6 is 0 Å². The molecule has 1 aromatic rings. The molecule has 1 aromatic carbocycles. The van der Waals surface area contributed by atoms with E-state index in [0.717, 1.165) is 11.1 Å². The first kappa shape index (κ1) is 20.5. The fraction of sp³-hybridized carbons (Fsp3) is 0.667. The SMILES string of the molecule is CC(OC(=O)O)c1cc(C(C)(C)C)c(C(C)(C)C)cc1C(C)(C)C. The van der Waals surface area contributed by atoms with Crippen LogP contribution in [0.1, 0.15) is 97.6 Å². The van der Waals surface area contributed by atoms with Crippen LogP contribution < -0.4 is 0 Å². The van der Waals surface area contributed by atoms with Gasteiger partial charge in [0.1, 0.15) is 6.10 Å². The van der Waals surface area contributed by atoms with E-state index in [-0.39, 0.29) is 16.2 Å². The van der Waals surface area contributed by atoms with Gasteiger partial charge in [-0.2, -0.15) is 0 Å². The summed E-state index contributed by atoms with van der Waals surface area (Å²) in [4.78, 5) is 11.0. The topological polar surface area (TPSA) is 46.5 Å². The molecule has 0 amide bonds. The second kappa shape index (κ2) is 6.42. The van der Waals surface area contributed by atoms with Crippen LogP contribution in [0.5, 0.6) is 0 Å². The number of benzene rings is 1. The molecule has 0 saturated heterocycles. The summed E-state index contributed by atoms with van der Waals surface area (Å²) in [5, 5.41) is 9.03. The quantitative estimate of drug-likeness (QED) is 0.642. The van der Waals surface area contributed by atoms with Crippen molar-refractivity contribution in [3.05, 3.63) is 34.4 Å². The molecule has 0 bridgehead atoms. The van der Waals surface area contributed by atoms with Crippen molar-refractivity contribution in [3.8, 4) is 0 Å². The lowest BCUT2D eigenvalue weighted by Crippen LogP contribution is -2.26. The molecule has 0 aliphatic heterocycles.